The molecule has 0 aliphatic carbocycles. The van der Waals surface area contributed by atoms with Crippen LogP contribution in [0.3, 0.4) is 0 Å². The van der Waals surface area contributed by atoms with E-state index in [0.717, 1.165) is 18.2 Å². The summed E-state index contributed by atoms with van der Waals surface area (Å²) in [5.41, 5.74) is 0.379. The normalized spacial score (nSPS) is 10.4. The molecule has 0 saturated heterocycles. The molecule has 0 aliphatic heterocycles. The minimum Gasteiger partial charge on any atom is -0.469 e. The monoisotopic (exact) mass is 252 g/mol. The second-order valence-electron chi connectivity index (χ2n) is 3.62. The van der Waals surface area contributed by atoms with Crippen molar-refractivity contribution in [1.29, 1.82) is 0 Å². The van der Waals surface area contributed by atoms with E-state index in [2.05, 4.69) is 14.7 Å². The van der Waals surface area contributed by atoms with Gasteiger partial charge in [0.25, 0.3) is 0 Å². The zero-order valence-electron chi connectivity index (χ0n) is 9.54. The van der Waals surface area contributed by atoms with E-state index in [4.69, 9.17) is 0 Å². The second-order valence-corrected chi connectivity index (χ2v) is 3.62. The summed E-state index contributed by atoms with van der Waals surface area (Å²) in [6, 6.07) is 3.13. The molecule has 0 bridgehead atoms. The van der Waals surface area contributed by atoms with Crippen LogP contribution in [0.2, 0.25) is 0 Å². The largest absolute Gasteiger partial charge is 0.469 e. The first kappa shape index (κ1) is 12.2. The highest BCUT2D eigenvalue weighted by Crippen LogP contribution is 2.21. The summed E-state index contributed by atoms with van der Waals surface area (Å²) < 4.78 is 31.0. The zero-order chi connectivity index (χ0) is 13.1. The number of imidazole rings is 1. The lowest BCUT2D eigenvalue weighted by Crippen LogP contribution is -2.05. The maximum Gasteiger partial charge on any atom is 0.313 e. The van der Waals surface area contributed by atoms with Crippen molar-refractivity contribution in [3.63, 3.8) is 0 Å². The third-order valence-electron chi connectivity index (χ3n) is 2.39. The lowest BCUT2D eigenvalue weighted by atomic mass is 10.1. The second kappa shape index (κ2) is 4.95. The molecule has 94 valence electrons. The number of hydrogen-bond donors (Lipinski definition) is 1. The molecular weight excluding hydrogens is 242 g/mol. The predicted octanol–water partition coefficient (Wildman–Crippen LogP) is 2.07. The van der Waals surface area contributed by atoms with Crippen molar-refractivity contribution in [2.24, 2.45) is 0 Å². The van der Waals surface area contributed by atoms with Gasteiger partial charge < -0.3 is 9.72 Å². The number of aromatic nitrogens is 2. The summed E-state index contributed by atoms with van der Waals surface area (Å²) in [5.74, 6) is -1.24. The van der Waals surface area contributed by atoms with Crippen LogP contribution in [-0.4, -0.2) is 23.0 Å². The molecule has 2 aromatic rings. The fraction of sp³-hybridized carbons (Fsp3) is 0.167. The molecule has 0 fully saturated rings. The Morgan fingerprint density at radius 1 is 1.44 bits per heavy atom. The zero-order valence-corrected chi connectivity index (χ0v) is 9.54. The van der Waals surface area contributed by atoms with Crippen LogP contribution in [0.5, 0.6) is 0 Å². The van der Waals surface area contributed by atoms with Crippen molar-refractivity contribution in [2.75, 3.05) is 7.11 Å². The van der Waals surface area contributed by atoms with E-state index in [1.54, 1.807) is 0 Å². The van der Waals surface area contributed by atoms with Crippen LogP contribution in [0.1, 0.15) is 5.82 Å². The number of hydrogen-bond acceptors (Lipinski definition) is 3. The van der Waals surface area contributed by atoms with Crippen molar-refractivity contribution < 1.29 is 18.3 Å². The number of aromatic amines is 1. The lowest BCUT2D eigenvalue weighted by molar-refractivity contribution is -0.139. The molecule has 0 unspecified atom stereocenters. The minimum absolute atomic E-state index is 0.0482. The summed E-state index contributed by atoms with van der Waals surface area (Å²) >= 11 is 0. The molecule has 0 atom stereocenters. The summed E-state index contributed by atoms with van der Waals surface area (Å²) in [4.78, 5) is 17.7. The first-order valence-electron chi connectivity index (χ1n) is 5.16. The van der Waals surface area contributed by atoms with Crippen molar-refractivity contribution in [1.82, 2.24) is 9.97 Å². The third kappa shape index (κ3) is 2.53. The Labute approximate surface area is 102 Å². The maximum absolute atomic E-state index is 13.5. The topological polar surface area (TPSA) is 55.0 Å². The van der Waals surface area contributed by atoms with Gasteiger partial charge in [0.05, 0.1) is 19.0 Å². The molecular formula is C12H10F2N2O2. The van der Waals surface area contributed by atoms with Crippen molar-refractivity contribution in [3.05, 3.63) is 41.9 Å². The predicted molar refractivity (Wildman–Crippen MR) is 59.7 cm³/mol. The Bertz CT molecular complexity index is 581. The van der Waals surface area contributed by atoms with E-state index in [1.807, 2.05) is 0 Å². The van der Waals surface area contributed by atoms with E-state index in [1.165, 1.54) is 13.3 Å². The molecule has 1 heterocycles. The Kier molecular flexibility index (Phi) is 3.36. The quantitative estimate of drug-likeness (QED) is 0.851. The molecule has 0 radical (unpaired) electrons. The van der Waals surface area contributed by atoms with Crippen LogP contribution in [0.25, 0.3) is 11.3 Å². The van der Waals surface area contributed by atoms with Gasteiger partial charge in [0.15, 0.2) is 0 Å². The first-order valence-corrected chi connectivity index (χ1v) is 5.16. The maximum atomic E-state index is 13.5. The molecule has 0 amide bonds. The Hall–Kier alpha value is -2.24. The smallest absolute Gasteiger partial charge is 0.313 e. The molecule has 0 aliphatic rings. The van der Waals surface area contributed by atoms with E-state index in [0.29, 0.717) is 11.5 Å². The van der Waals surface area contributed by atoms with Crippen molar-refractivity contribution >= 4 is 5.97 Å². The third-order valence-corrected chi connectivity index (χ3v) is 2.39. The van der Waals surface area contributed by atoms with Gasteiger partial charge >= 0.3 is 5.97 Å². The fourth-order valence-corrected chi connectivity index (χ4v) is 1.50. The van der Waals surface area contributed by atoms with Gasteiger partial charge in [0, 0.05) is 5.56 Å². The van der Waals surface area contributed by atoms with Gasteiger partial charge in [-0.2, -0.15) is 0 Å². The highest BCUT2D eigenvalue weighted by atomic mass is 19.1. The van der Waals surface area contributed by atoms with Crippen LogP contribution in [0, 0.1) is 11.6 Å². The van der Waals surface area contributed by atoms with Crippen LogP contribution in [-0.2, 0) is 16.0 Å². The minimum atomic E-state index is -0.565. The Balaban J connectivity index is 2.29. The molecule has 1 N–H and O–H groups in total. The lowest BCUT2D eigenvalue weighted by Gasteiger charge is -2.00. The Morgan fingerprint density at radius 3 is 2.94 bits per heavy atom. The van der Waals surface area contributed by atoms with Gasteiger partial charge in [-0.25, -0.2) is 13.8 Å². The van der Waals surface area contributed by atoms with E-state index >= 15 is 0 Å². The van der Waals surface area contributed by atoms with Gasteiger partial charge in [0.2, 0.25) is 0 Å². The molecule has 6 heteroatoms. The molecule has 0 saturated carbocycles. The number of rotatable bonds is 3. The fourth-order valence-electron chi connectivity index (χ4n) is 1.50. The number of nitrogens with one attached hydrogen (secondary N) is 1. The van der Waals surface area contributed by atoms with E-state index in [-0.39, 0.29) is 12.0 Å². The highest BCUT2D eigenvalue weighted by Gasteiger charge is 2.11. The number of nitrogens with zero attached hydrogens (tertiary/aromatic N) is 1. The number of methoxy groups -OCH3 is 1. The first-order chi connectivity index (χ1) is 8.60. The summed E-state index contributed by atoms with van der Waals surface area (Å²) in [6.45, 7) is 0. The van der Waals surface area contributed by atoms with Gasteiger partial charge in [-0.05, 0) is 18.2 Å². The summed E-state index contributed by atoms with van der Waals surface area (Å²) in [6.07, 6.45) is 1.30. The number of benzene rings is 1. The van der Waals surface area contributed by atoms with E-state index < -0.39 is 17.6 Å². The average Bonchev–Trinajstić information content (AvgIpc) is 2.80. The molecule has 1 aromatic heterocycles. The Morgan fingerprint density at radius 2 is 2.22 bits per heavy atom. The van der Waals surface area contributed by atoms with Gasteiger partial charge in [-0.15, -0.1) is 0 Å². The van der Waals surface area contributed by atoms with Gasteiger partial charge in [0.1, 0.15) is 23.9 Å². The summed E-state index contributed by atoms with van der Waals surface area (Å²) in [5, 5.41) is 0. The molecule has 2 rings (SSSR count). The molecule has 0 spiro atoms. The van der Waals surface area contributed by atoms with Gasteiger partial charge in [-0.1, -0.05) is 0 Å². The average molecular weight is 252 g/mol. The number of halogens is 2. The van der Waals surface area contributed by atoms with Crippen LogP contribution in [0.4, 0.5) is 8.78 Å². The molecule has 4 nitrogen and oxygen atoms in total. The number of H-pyrrole nitrogens is 1. The molecule has 1 aromatic carbocycles. The molecule has 18 heavy (non-hydrogen) atoms. The van der Waals surface area contributed by atoms with Crippen LogP contribution < -0.4 is 0 Å². The van der Waals surface area contributed by atoms with E-state index in [9.17, 15) is 13.6 Å². The number of ether oxygens (including phenoxy) is 1. The SMILES string of the molecule is COC(=O)Cc1ncc(-c2cc(F)ccc2F)[nH]1. The highest BCUT2D eigenvalue weighted by molar-refractivity contribution is 5.71. The van der Waals surface area contributed by atoms with Crippen molar-refractivity contribution in [2.45, 2.75) is 6.42 Å². The standard InChI is InChI=1S/C12H10F2N2O2/c1-18-12(17)5-11-15-6-10(16-11)8-4-7(13)2-3-9(8)14/h2-4,6H,5H2,1H3,(H,15,16). The number of esters is 1. The number of carbonyl (C=O) groups is 1. The van der Waals surface area contributed by atoms with Crippen molar-refractivity contribution in [3.8, 4) is 11.3 Å². The van der Waals surface area contributed by atoms with Crippen LogP contribution in [0.15, 0.2) is 24.4 Å². The van der Waals surface area contributed by atoms with Gasteiger partial charge in [-0.3, -0.25) is 4.79 Å². The summed E-state index contributed by atoms with van der Waals surface area (Å²) in [7, 11) is 1.26. The number of carbonyl (C=O) groups excluding carboxylic acids is 1. The van der Waals surface area contributed by atoms with Crippen LogP contribution >= 0.6 is 0 Å².